The van der Waals surface area contributed by atoms with Gasteiger partial charge in [0.1, 0.15) is 11.5 Å². The Morgan fingerprint density at radius 2 is 1.92 bits per heavy atom. The molecule has 0 saturated heterocycles. The van der Waals surface area contributed by atoms with Crippen molar-refractivity contribution in [3.05, 3.63) is 58.1 Å². The van der Waals surface area contributed by atoms with Crippen molar-refractivity contribution in [1.29, 1.82) is 0 Å². The van der Waals surface area contributed by atoms with E-state index in [1.54, 1.807) is 30.3 Å². The van der Waals surface area contributed by atoms with Crippen LogP contribution < -0.4 is 14.8 Å². The molecule has 0 aliphatic carbocycles. The van der Waals surface area contributed by atoms with Crippen LogP contribution in [0, 0.1) is 0 Å². The van der Waals surface area contributed by atoms with Crippen molar-refractivity contribution in [3.63, 3.8) is 0 Å². The lowest BCUT2D eigenvalue weighted by molar-refractivity contribution is -0.122. The molecule has 126 valence electrons. The molecule has 0 bridgehead atoms. The van der Waals surface area contributed by atoms with Gasteiger partial charge in [0.05, 0.1) is 25.7 Å². The van der Waals surface area contributed by atoms with E-state index < -0.39 is 0 Å². The predicted molar refractivity (Wildman–Crippen MR) is 94.0 cm³/mol. The van der Waals surface area contributed by atoms with E-state index in [-0.39, 0.29) is 18.4 Å². The molecule has 1 aliphatic heterocycles. The van der Waals surface area contributed by atoms with Gasteiger partial charge < -0.3 is 14.8 Å². The van der Waals surface area contributed by atoms with Crippen LogP contribution in [0.5, 0.6) is 11.5 Å². The van der Waals surface area contributed by atoms with Crippen LogP contribution in [0.3, 0.4) is 0 Å². The summed E-state index contributed by atoms with van der Waals surface area (Å²) in [6.45, 7) is 0.875. The molecule has 4 nitrogen and oxygen atoms in total. The zero-order valence-electron chi connectivity index (χ0n) is 12.9. The van der Waals surface area contributed by atoms with Crippen LogP contribution in [0.25, 0.3) is 0 Å². The normalized spacial score (nSPS) is 16.0. The number of hydrogen-bond donors (Lipinski definition) is 1. The van der Waals surface area contributed by atoms with Crippen LogP contribution in [0.4, 0.5) is 0 Å². The van der Waals surface area contributed by atoms with Crippen LogP contribution in [-0.4, -0.2) is 19.1 Å². The number of rotatable bonds is 5. The molecule has 1 N–H and O–H groups in total. The van der Waals surface area contributed by atoms with E-state index in [0.29, 0.717) is 29.0 Å². The summed E-state index contributed by atoms with van der Waals surface area (Å²) in [7, 11) is 0. The maximum Gasteiger partial charge on any atom is 0.223 e. The van der Waals surface area contributed by atoms with Crippen LogP contribution in [0.1, 0.15) is 24.4 Å². The second kappa shape index (κ2) is 7.77. The van der Waals surface area contributed by atoms with Gasteiger partial charge in [0.15, 0.2) is 0 Å². The van der Waals surface area contributed by atoms with E-state index in [9.17, 15) is 4.79 Å². The first-order valence-corrected chi connectivity index (χ1v) is 8.47. The van der Waals surface area contributed by atoms with Crippen LogP contribution in [0.15, 0.2) is 42.5 Å². The van der Waals surface area contributed by atoms with Crippen LogP contribution in [-0.2, 0) is 4.79 Å². The van der Waals surface area contributed by atoms with Gasteiger partial charge in [-0.2, -0.15) is 0 Å². The number of halogens is 2. The first-order valence-electron chi connectivity index (χ1n) is 7.72. The average Bonchev–Trinajstić information content (AvgIpc) is 2.57. The van der Waals surface area contributed by atoms with Crippen molar-refractivity contribution in [1.82, 2.24) is 5.32 Å². The third-order valence-corrected chi connectivity index (χ3v) is 4.25. The van der Waals surface area contributed by atoms with E-state index in [1.165, 1.54) is 0 Å². The van der Waals surface area contributed by atoms with Gasteiger partial charge >= 0.3 is 0 Å². The number of carbonyl (C=O) groups is 1. The highest BCUT2D eigenvalue weighted by atomic mass is 35.5. The van der Waals surface area contributed by atoms with Gasteiger partial charge in [-0.05, 0) is 42.5 Å². The van der Waals surface area contributed by atoms with E-state index in [1.807, 2.05) is 12.1 Å². The van der Waals surface area contributed by atoms with E-state index in [0.717, 1.165) is 17.7 Å². The summed E-state index contributed by atoms with van der Waals surface area (Å²) in [5.41, 5.74) is 0.917. The fourth-order valence-corrected chi connectivity index (χ4v) is 2.88. The number of benzene rings is 2. The minimum Gasteiger partial charge on any atom is -0.493 e. The molecule has 2 aromatic carbocycles. The van der Waals surface area contributed by atoms with Gasteiger partial charge in [0.2, 0.25) is 5.91 Å². The van der Waals surface area contributed by atoms with Crippen LogP contribution >= 0.6 is 23.2 Å². The Balaban J connectivity index is 1.52. The highest BCUT2D eigenvalue weighted by molar-refractivity contribution is 6.30. The zero-order chi connectivity index (χ0) is 16.9. The van der Waals surface area contributed by atoms with Crippen molar-refractivity contribution in [3.8, 4) is 11.5 Å². The van der Waals surface area contributed by atoms with Gasteiger partial charge in [-0.3, -0.25) is 4.79 Å². The van der Waals surface area contributed by atoms with E-state index >= 15 is 0 Å². The molecule has 1 atom stereocenters. The molecule has 0 radical (unpaired) electrons. The second-order valence-corrected chi connectivity index (χ2v) is 6.36. The van der Waals surface area contributed by atoms with Crippen molar-refractivity contribution in [2.45, 2.75) is 18.9 Å². The lowest BCUT2D eigenvalue weighted by atomic mass is 10.0. The summed E-state index contributed by atoms with van der Waals surface area (Å²) < 4.78 is 11.1. The van der Waals surface area contributed by atoms with Crippen molar-refractivity contribution in [2.75, 3.05) is 13.2 Å². The molecule has 2 aromatic rings. The molecule has 24 heavy (non-hydrogen) atoms. The number of nitrogens with one attached hydrogen (secondary N) is 1. The number of amides is 1. The number of ether oxygens (including phenoxy) is 2. The first-order chi connectivity index (χ1) is 11.6. The minimum absolute atomic E-state index is 0.0678. The summed E-state index contributed by atoms with van der Waals surface area (Å²) >= 11 is 11.9. The largest absolute Gasteiger partial charge is 0.493 e. The second-order valence-electron chi connectivity index (χ2n) is 5.49. The third-order valence-electron chi connectivity index (χ3n) is 3.76. The first kappa shape index (κ1) is 16.9. The molecule has 1 aliphatic rings. The Bertz CT molecular complexity index is 719. The third kappa shape index (κ3) is 4.34. The fourth-order valence-electron chi connectivity index (χ4n) is 2.57. The number of hydrogen-bond acceptors (Lipinski definition) is 3. The van der Waals surface area contributed by atoms with Crippen molar-refractivity contribution < 1.29 is 14.3 Å². The quantitative estimate of drug-likeness (QED) is 0.853. The van der Waals surface area contributed by atoms with Gasteiger partial charge in [-0.25, -0.2) is 0 Å². The zero-order valence-corrected chi connectivity index (χ0v) is 14.4. The lowest BCUT2D eigenvalue weighted by Crippen LogP contribution is -2.32. The molecular weight excluding hydrogens is 349 g/mol. The number of fused-ring (bicyclic) bond motifs is 1. The highest BCUT2D eigenvalue weighted by Gasteiger charge is 2.23. The van der Waals surface area contributed by atoms with Gasteiger partial charge in [-0.15, -0.1) is 0 Å². The summed E-state index contributed by atoms with van der Waals surface area (Å²) in [6, 6.07) is 12.4. The predicted octanol–water partition coefficient (Wildman–Crippen LogP) is 4.40. The standard InChI is InChI=1S/C18H17Cl2NO3/c19-12-1-4-14(5-2-12)23-10-8-18(22)21-16-7-9-24-17-6-3-13(20)11-15(16)17/h1-6,11,16H,7-10H2,(H,21,22). The summed E-state index contributed by atoms with van der Waals surface area (Å²) in [5, 5.41) is 4.30. The average molecular weight is 366 g/mol. The van der Waals surface area contributed by atoms with Crippen molar-refractivity contribution in [2.24, 2.45) is 0 Å². The van der Waals surface area contributed by atoms with Gasteiger partial charge in [0, 0.05) is 22.0 Å². The Labute approximate surface area is 150 Å². The van der Waals surface area contributed by atoms with Gasteiger partial charge in [-0.1, -0.05) is 23.2 Å². The topological polar surface area (TPSA) is 47.6 Å². The summed E-state index contributed by atoms with van der Waals surface area (Å²) in [5.74, 6) is 1.39. The summed E-state index contributed by atoms with van der Waals surface area (Å²) in [4.78, 5) is 12.2. The monoisotopic (exact) mass is 365 g/mol. The molecule has 1 amide bonds. The molecule has 3 rings (SSSR count). The minimum atomic E-state index is -0.0875. The van der Waals surface area contributed by atoms with E-state index in [2.05, 4.69) is 5.32 Å². The highest BCUT2D eigenvalue weighted by Crippen LogP contribution is 2.34. The van der Waals surface area contributed by atoms with E-state index in [4.69, 9.17) is 32.7 Å². The molecule has 1 heterocycles. The summed E-state index contributed by atoms with van der Waals surface area (Å²) in [6.07, 6.45) is 0.993. The number of carbonyl (C=O) groups excluding carboxylic acids is 1. The van der Waals surface area contributed by atoms with Crippen molar-refractivity contribution >= 4 is 29.1 Å². The molecule has 0 spiro atoms. The molecule has 0 fully saturated rings. The lowest BCUT2D eigenvalue weighted by Gasteiger charge is -2.27. The Morgan fingerprint density at radius 3 is 2.71 bits per heavy atom. The molecule has 6 heteroatoms. The Hall–Kier alpha value is -1.91. The Kier molecular flexibility index (Phi) is 5.48. The molecule has 1 unspecified atom stereocenters. The molecule has 0 saturated carbocycles. The van der Waals surface area contributed by atoms with Crippen LogP contribution in [0.2, 0.25) is 10.0 Å². The fraction of sp³-hybridized carbons (Fsp3) is 0.278. The smallest absolute Gasteiger partial charge is 0.223 e. The maximum absolute atomic E-state index is 12.2. The molecular formula is C18H17Cl2NO3. The maximum atomic E-state index is 12.2. The molecule has 0 aromatic heterocycles. The van der Waals surface area contributed by atoms with Gasteiger partial charge in [0.25, 0.3) is 0 Å². The SMILES string of the molecule is O=C(CCOc1ccc(Cl)cc1)NC1CCOc2ccc(Cl)cc21. The Morgan fingerprint density at radius 1 is 1.17 bits per heavy atom.